The van der Waals surface area contributed by atoms with Crippen LogP contribution in [0, 0.1) is 17.8 Å². The van der Waals surface area contributed by atoms with Crippen LogP contribution in [0.25, 0.3) is 10.9 Å². The third-order valence-corrected chi connectivity index (χ3v) is 7.24. The van der Waals surface area contributed by atoms with E-state index in [0.29, 0.717) is 11.5 Å². The maximum absolute atomic E-state index is 13.5. The molecule has 1 aliphatic heterocycles. The first-order valence-corrected chi connectivity index (χ1v) is 9.23. The van der Waals surface area contributed by atoms with Crippen LogP contribution >= 0.6 is 0 Å². The Balaban J connectivity index is 1.76. The van der Waals surface area contributed by atoms with Crippen molar-refractivity contribution in [2.24, 2.45) is 10.8 Å². The Bertz CT molecular complexity index is 803. The van der Waals surface area contributed by atoms with Crippen molar-refractivity contribution in [2.45, 2.75) is 59.4 Å². The van der Waals surface area contributed by atoms with E-state index in [-0.39, 0.29) is 11.3 Å². The molecule has 2 atom stereocenters. The first-order valence-electron chi connectivity index (χ1n) is 9.23. The Kier molecular flexibility index (Phi) is 3.35. The van der Waals surface area contributed by atoms with E-state index >= 15 is 0 Å². The van der Waals surface area contributed by atoms with E-state index in [4.69, 9.17) is 0 Å². The molecule has 3 heteroatoms. The number of aromatic amines is 1. The number of nitrogens with zero attached hydrogens (tertiary/aromatic N) is 1. The summed E-state index contributed by atoms with van der Waals surface area (Å²) in [5.74, 6) is 0.215. The fourth-order valence-electron chi connectivity index (χ4n) is 5.23. The summed E-state index contributed by atoms with van der Waals surface area (Å²) < 4.78 is 0. The predicted octanol–water partition coefficient (Wildman–Crippen LogP) is 4.91. The van der Waals surface area contributed by atoms with Gasteiger partial charge in [0, 0.05) is 29.2 Å². The van der Waals surface area contributed by atoms with Gasteiger partial charge >= 0.3 is 0 Å². The first kappa shape index (κ1) is 15.7. The van der Waals surface area contributed by atoms with Gasteiger partial charge in [0.15, 0.2) is 0 Å². The lowest BCUT2D eigenvalue weighted by Gasteiger charge is -2.60. The first-order chi connectivity index (χ1) is 11.3. The van der Waals surface area contributed by atoms with Crippen molar-refractivity contribution >= 4 is 16.8 Å². The number of piperidine rings is 1. The SMILES string of the molecule is Cc1[nH]c2ccccc2c1C(=O)N1CC[C@@]2(C)CCC[C@@H]1C2(C)C. The van der Waals surface area contributed by atoms with E-state index < -0.39 is 0 Å². The molecule has 128 valence electrons. The number of hydrogen-bond acceptors (Lipinski definition) is 1. The van der Waals surface area contributed by atoms with Gasteiger partial charge in [-0.3, -0.25) is 4.79 Å². The highest BCUT2D eigenvalue weighted by molar-refractivity contribution is 6.08. The summed E-state index contributed by atoms with van der Waals surface area (Å²) in [6, 6.07) is 8.50. The minimum atomic E-state index is 0.180. The van der Waals surface area contributed by atoms with Crippen LogP contribution in [-0.4, -0.2) is 28.4 Å². The number of H-pyrrole nitrogens is 1. The molecule has 1 saturated carbocycles. The van der Waals surface area contributed by atoms with Gasteiger partial charge in [0.1, 0.15) is 0 Å². The number of fused-ring (bicyclic) bond motifs is 3. The van der Waals surface area contributed by atoms with Gasteiger partial charge in [-0.15, -0.1) is 0 Å². The zero-order chi connectivity index (χ0) is 17.1. The minimum Gasteiger partial charge on any atom is -0.358 e. The molecule has 0 unspecified atom stereocenters. The standard InChI is InChI=1S/C21H28N2O/c1-14-18(15-8-5-6-9-16(15)22-14)19(24)23-13-12-21(4)11-7-10-17(23)20(21,2)3/h5-6,8-9,17,22H,7,10-13H2,1-4H3/t17-,21-/m1/s1. The van der Waals surface area contributed by atoms with E-state index in [1.165, 1.54) is 12.8 Å². The van der Waals surface area contributed by atoms with Gasteiger partial charge in [-0.05, 0) is 43.1 Å². The average molecular weight is 324 g/mol. The molecule has 24 heavy (non-hydrogen) atoms. The summed E-state index contributed by atoms with van der Waals surface area (Å²) in [5, 5.41) is 1.06. The van der Waals surface area contributed by atoms with Crippen LogP contribution < -0.4 is 0 Å². The summed E-state index contributed by atoms with van der Waals surface area (Å²) in [5.41, 5.74) is 3.46. The topological polar surface area (TPSA) is 36.1 Å². The van der Waals surface area contributed by atoms with E-state index in [0.717, 1.165) is 41.5 Å². The van der Waals surface area contributed by atoms with Crippen molar-refractivity contribution in [3.8, 4) is 0 Å². The highest BCUT2D eigenvalue weighted by Crippen LogP contribution is 2.56. The Morgan fingerprint density at radius 3 is 2.75 bits per heavy atom. The number of carbonyl (C=O) groups excluding carboxylic acids is 1. The summed E-state index contributed by atoms with van der Waals surface area (Å²) in [7, 11) is 0. The zero-order valence-corrected chi connectivity index (χ0v) is 15.3. The van der Waals surface area contributed by atoms with E-state index in [2.05, 4.69) is 42.8 Å². The second-order valence-corrected chi connectivity index (χ2v) is 8.61. The van der Waals surface area contributed by atoms with Gasteiger partial charge in [-0.1, -0.05) is 45.4 Å². The molecule has 1 aromatic carbocycles. The maximum Gasteiger partial charge on any atom is 0.256 e. The molecule has 2 aromatic rings. The Hall–Kier alpha value is -1.77. The smallest absolute Gasteiger partial charge is 0.256 e. The molecule has 2 fully saturated rings. The van der Waals surface area contributed by atoms with Gasteiger partial charge in [-0.2, -0.15) is 0 Å². The van der Waals surface area contributed by atoms with E-state index in [1.54, 1.807) is 0 Å². The Morgan fingerprint density at radius 1 is 1.21 bits per heavy atom. The minimum absolute atomic E-state index is 0.180. The number of hydrogen-bond donors (Lipinski definition) is 1. The summed E-state index contributed by atoms with van der Waals surface area (Å²) in [4.78, 5) is 19.1. The van der Waals surface area contributed by atoms with Crippen LogP contribution in [0.4, 0.5) is 0 Å². The fraction of sp³-hybridized carbons (Fsp3) is 0.571. The number of rotatable bonds is 1. The Labute approximate surface area is 144 Å². The molecule has 2 aliphatic rings. The molecule has 0 spiro atoms. The highest BCUT2D eigenvalue weighted by Gasteiger charge is 2.54. The number of amides is 1. The predicted molar refractivity (Wildman–Crippen MR) is 98.2 cm³/mol. The van der Waals surface area contributed by atoms with Crippen LogP contribution in [0.5, 0.6) is 0 Å². The van der Waals surface area contributed by atoms with E-state index in [9.17, 15) is 4.79 Å². The van der Waals surface area contributed by atoms with Crippen molar-refractivity contribution in [1.82, 2.24) is 9.88 Å². The number of para-hydroxylation sites is 1. The van der Waals surface area contributed by atoms with Crippen LogP contribution in [0.3, 0.4) is 0 Å². The Morgan fingerprint density at radius 2 is 1.96 bits per heavy atom. The van der Waals surface area contributed by atoms with Crippen LogP contribution in [0.15, 0.2) is 24.3 Å². The lowest BCUT2D eigenvalue weighted by Crippen LogP contribution is -2.62. The molecule has 3 nitrogen and oxygen atoms in total. The fourth-order valence-corrected chi connectivity index (χ4v) is 5.23. The van der Waals surface area contributed by atoms with Crippen molar-refractivity contribution in [3.63, 3.8) is 0 Å². The number of benzene rings is 1. The zero-order valence-electron chi connectivity index (χ0n) is 15.3. The lowest BCUT2D eigenvalue weighted by molar-refractivity contribution is -0.0901. The highest BCUT2D eigenvalue weighted by atomic mass is 16.2. The molecular formula is C21H28N2O. The van der Waals surface area contributed by atoms with Crippen LogP contribution in [-0.2, 0) is 0 Å². The van der Waals surface area contributed by atoms with Gasteiger partial charge in [0.25, 0.3) is 5.91 Å². The second-order valence-electron chi connectivity index (χ2n) is 8.61. The molecular weight excluding hydrogens is 296 g/mol. The number of likely N-dealkylation sites (tertiary alicyclic amines) is 1. The second kappa shape index (κ2) is 5.11. The summed E-state index contributed by atoms with van der Waals surface area (Å²) in [6.07, 6.45) is 4.78. The van der Waals surface area contributed by atoms with Gasteiger partial charge in [0.2, 0.25) is 0 Å². The molecule has 4 rings (SSSR count). The summed E-state index contributed by atoms with van der Waals surface area (Å²) in [6.45, 7) is 10.1. The van der Waals surface area contributed by atoms with Crippen molar-refractivity contribution in [2.75, 3.05) is 6.54 Å². The summed E-state index contributed by atoms with van der Waals surface area (Å²) >= 11 is 0. The molecule has 1 aromatic heterocycles. The van der Waals surface area contributed by atoms with Crippen LogP contribution in [0.1, 0.15) is 62.5 Å². The van der Waals surface area contributed by atoms with Gasteiger partial charge in [-0.25, -0.2) is 0 Å². The molecule has 1 saturated heterocycles. The van der Waals surface area contributed by atoms with E-state index in [1.807, 2.05) is 19.1 Å². The average Bonchev–Trinajstić information content (AvgIpc) is 2.84. The molecule has 2 bridgehead atoms. The largest absolute Gasteiger partial charge is 0.358 e. The molecule has 2 heterocycles. The molecule has 1 amide bonds. The normalized spacial score (nSPS) is 29.0. The number of aromatic nitrogens is 1. The van der Waals surface area contributed by atoms with Gasteiger partial charge in [0.05, 0.1) is 5.56 Å². The van der Waals surface area contributed by atoms with Crippen molar-refractivity contribution in [1.29, 1.82) is 0 Å². The van der Waals surface area contributed by atoms with Crippen molar-refractivity contribution < 1.29 is 4.79 Å². The maximum atomic E-state index is 13.5. The van der Waals surface area contributed by atoms with Gasteiger partial charge < -0.3 is 9.88 Å². The number of carbonyl (C=O) groups is 1. The quantitative estimate of drug-likeness (QED) is 0.795. The molecule has 0 radical (unpaired) electrons. The monoisotopic (exact) mass is 324 g/mol. The lowest BCUT2D eigenvalue weighted by atomic mass is 9.53. The third kappa shape index (κ3) is 2.00. The van der Waals surface area contributed by atoms with Crippen molar-refractivity contribution in [3.05, 3.63) is 35.5 Å². The third-order valence-electron chi connectivity index (χ3n) is 7.24. The molecule has 1 aliphatic carbocycles. The molecule has 1 N–H and O–H groups in total. The number of nitrogens with one attached hydrogen (secondary N) is 1. The van der Waals surface area contributed by atoms with Crippen LogP contribution in [0.2, 0.25) is 0 Å². The number of aryl methyl sites for hydroxylation is 1.